The molecule has 0 aliphatic heterocycles. The molecule has 1 aliphatic carbocycles. The largest absolute Gasteiger partial charge is 0.462 e. The summed E-state index contributed by atoms with van der Waals surface area (Å²) in [7, 11) is 0. The van der Waals surface area contributed by atoms with Gasteiger partial charge < -0.3 is 4.74 Å². The van der Waals surface area contributed by atoms with E-state index in [2.05, 4.69) is 19.1 Å². The van der Waals surface area contributed by atoms with Gasteiger partial charge in [-0.1, -0.05) is 26.0 Å². The summed E-state index contributed by atoms with van der Waals surface area (Å²) >= 11 is 0. The molecule has 3 atom stereocenters. The summed E-state index contributed by atoms with van der Waals surface area (Å²) in [5, 5.41) is 0. The molecule has 1 aliphatic rings. The van der Waals surface area contributed by atoms with Gasteiger partial charge in [-0.2, -0.15) is 0 Å². The highest BCUT2D eigenvalue weighted by Gasteiger charge is 2.27. The first-order valence-electron chi connectivity index (χ1n) is 5.50. The summed E-state index contributed by atoms with van der Waals surface area (Å²) in [6.45, 7) is 6.09. The van der Waals surface area contributed by atoms with E-state index in [1.807, 2.05) is 13.8 Å². The third kappa shape index (κ3) is 2.86. The van der Waals surface area contributed by atoms with Gasteiger partial charge in [-0.3, -0.25) is 4.79 Å². The van der Waals surface area contributed by atoms with Gasteiger partial charge in [-0.25, -0.2) is 0 Å². The molecule has 0 saturated carbocycles. The molecule has 80 valence electrons. The maximum absolute atomic E-state index is 11.7. The van der Waals surface area contributed by atoms with Crippen LogP contribution in [0.4, 0.5) is 0 Å². The minimum Gasteiger partial charge on any atom is -0.462 e. The third-order valence-corrected chi connectivity index (χ3v) is 2.95. The Kier molecular flexibility index (Phi) is 4.18. The second-order valence-corrected chi connectivity index (χ2v) is 4.18. The second kappa shape index (κ2) is 5.18. The van der Waals surface area contributed by atoms with Crippen molar-refractivity contribution in [3.8, 4) is 0 Å². The molecule has 0 radical (unpaired) electrons. The average Bonchev–Trinajstić information content (AvgIpc) is 2.18. The van der Waals surface area contributed by atoms with Crippen molar-refractivity contribution in [1.29, 1.82) is 0 Å². The molecule has 0 saturated heterocycles. The van der Waals surface area contributed by atoms with E-state index in [4.69, 9.17) is 4.74 Å². The monoisotopic (exact) mass is 196 g/mol. The van der Waals surface area contributed by atoms with Crippen LogP contribution in [0.1, 0.15) is 40.0 Å². The molecule has 0 bridgehead atoms. The van der Waals surface area contributed by atoms with Crippen LogP contribution in [0.15, 0.2) is 12.2 Å². The summed E-state index contributed by atoms with van der Waals surface area (Å²) in [4.78, 5) is 11.7. The highest BCUT2D eigenvalue weighted by atomic mass is 16.5. The SMILES string of the molecule is CCC(C)OC(=O)C1CC=CCC1C. The lowest BCUT2D eigenvalue weighted by molar-refractivity contribution is -0.155. The Morgan fingerprint density at radius 1 is 1.50 bits per heavy atom. The highest BCUT2D eigenvalue weighted by molar-refractivity contribution is 5.73. The van der Waals surface area contributed by atoms with Gasteiger partial charge in [-0.05, 0) is 32.1 Å². The molecule has 0 aromatic rings. The van der Waals surface area contributed by atoms with E-state index in [1.165, 1.54) is 0 Å². The van der Waals surface area contributed by atoms with Gasteiger partial charge in [0.25, 0.3) is 0 Å². The number of esters is 1. The predicted molar refractivity (Wildman–Crippen MR) is 56.9 cm³/mol. The first kappa shape index (κ1) is 11.3. The number of carbonyl (C=O) groups excluding carboxylic acids is 1. The van der Waals surface area contributed by atoms with Crippen molar-refractivity contribution in [2.45, 2.75) is 46.1 Å². The van der Waals surface area contributed by atoms with Gasteiger partial charge in [-0.15, -0.1) is 0 Å². The summed E-state index contributed by atoms with van der Waals surface area (Å²) in [6, 6.07) is 0. The lowest BCUT2D eigenvalue weighted by Crippen LogP contribution is -2.28. The fourth-order valence-corrected chi connectivity index (χ4v) is 1.65. The summed E-state index contributed by atoms with van der Waals surface area (Å²) < 4.78 is 5.34. The van der Waals surface area contributed by atoms with Gasteiger partial charge in [0.05, 0.1) is 12.0 Å². The van der Waals surface area contributed by atoms with E-state index in [1.54, 1.807) is 0 Å². The van der Waals surface area contributed by atoms with Crippen molar-refractivity contribution >= 4 is 5.97 Å². The number of hydrogen-bond acceptors (Lipinski definition) is 2. The van der Waals surface area contributed by atoms with Crippen LogP contribution in [-0.4, -0.2) is 12.1 Å². The van der Waals surface area contributed by atoms with E-state index in [9.17, 15) is 4.79 Å². The van der Waals surface area contributed by atoms with Crippen LogP contribution < -0.4 is 0 Å². The number of rotatable bonds is 3. The normalized spacial score (nSPS) is 28.5. The second-order valence-electron chi connectivity index (χ2n) is 4.18. The van der Waals surface area contributed by atoms with Crippen molar-refractivity contribution in [2.24, 2.45) is 11.8 Å². The standard InChI is InChI=1S/C12H20O2/c1-4-10(3)14-12(13)11-8-6-5-7-9(11)2/h5-6,9-11H,4,7-8H2,1-3H3. The zero-order valence-corrected chi connectivity index (χ0v) is 9.32. The first-order chi connectivity index (χ1) is 6.65. The Balaban J connectivity index is 2.47. The van der Waals surface area contributed by atoms with Gasteiger partial charge in [0.1, 0.15) is 0 Å². The highest BCUT2D eigenvalue weighted by Crippen LogP contribution is 2.26. The zero-order valence-electron chi connectivity index (χ0n) is 9.32. The third-order valence-electron chi connectivity index (χ3n) is 2.95. The maximum Gasteiger partial charge on any atom is 0.309 e. The smallest absolute Gasteiger partial charge is 0.309 e. The lowest BCUT2D eigenvalue weighted by Gasteiger charge is -2.24. The zero-order chi connectivity index (χ0) is 10.6. The van der Waals surface area contributed by atoms with Crippen LogP contribution in [0.3, 0.4) is 0 Å². The van der Waals surface area contributed by atoms with Gasteiger partial charge >= 0.3 is 5.97 Å². The molecule has 0 heterocycles. The minimum absolute atomic E-state index is 0.0174. The van der Waals surface area contributed by atoms with Crippen LogP contribution in [0.25, 0.3) is 0 Å². The van der Waals surface area contributed by atoms with E-state index < -0.39 is 0 Å². The van der Waals surface area contributed by atoms with Crippen molar-refractivity contribution in [3.63, 3.8) is 0 Å². The van der Waals surface area contributed by atoms with E-state index >= 15 is 0 Å². The molecule has 14 heavy (non-hydrogen) atoms. The van der Waals surface area contributed by atoms with E-state index in [0.717, 1.165) is 19.3 Å². The topological polar surface area (TPSA) is 26.3 Å². The maximum atomic E-state index is 11.7. The molecular weight excluding hydrogens is 176 g/mol. The van der Waals surface area contributed by atoms with Crippen LogP contribution in [0, 0.1) is 11.8 Å². The molecule has 3 unspecified atom stereocenters. The number of ether oxygens (including phenoxy) is 1. The lowest BCUT2D eigenvalue weighted by atomic mass is 9.84. The van der Waals surface area contributed by atoms with Gasteiger partial charge in [0, 0.05) is 0 Å². The summed E-state index contributed by atoms with van der Waals surface area (Å²) in [5.41, 5.74) is 0. The molecule has 0 aromatic heterocycles. The van der Waals surface area contributed by atoms with Crippen LogP contribution >= 0.6 is 0 Å². The molecule has 0 aromatic carbocycles. The van der Waals surface area contributed by atoms with Crippen molar-refractivity contribution in [1.82, 2.24) is 0 Å². The molecule has 0 N–H and O–H groups in total. The fourth-order valence-electron chi connectivity index (χ4n) is 1.65. The Bertz CT molecular complexity index is 220. The number of hydrogen-bond donors (Lipinski definition) is 0. The predicted octanol–water partition coefficient (Wildman–Crippen LogP) is 2.93. The van der Waals surface area contributed by atoms with Crippen LogP contribution in [-0.2, 0) is 9.53 Å². The summed E-state index contributed by atoms with van der Waals surface area (Å²) in [6.07, 6.45) is 7.03. The van der Waals surface area contributed by atoms with Crippen molar-refractivity contribution in [3.05, 3.63) is 12.2 Å². The number of carbonyl (C=O) groups is 1. The molecule has 0 fully saturated rings. The minimum atomic E-state index is -0.0174. The molecule has 0 spiro atoms. The van der Waals surface area contributed by atoms with Crippen LogP contribution in [0.5, 0.6) is 0 Å². The van der Waals surface area contributed by atoms with Crippen molar-refractivity contribution in [2.75, 3.05) is 0 Å². The average molecular weight is 196 g/mol. The van der Waals surface area contributed by atoms with E-state index in [0.29, 0.717) is 5.92 Å². The molecule has 2 heteroatoms. The van der Waals surface area contributed by atoms with Crippen LogP contribution in [0.2, 0.25) is 0 Å². The quantitative estimate of drug-likeness (QED) is 0.512. The molecule has 1 rings (SSSR count). The number of allylic oxidation sites excluding steroid dienone is 2. The first-order valence-corrected chi connectivity index (χ1v) is 5.50. The Hall–Kier alpha value is -0.790. The molecular formula is C12H20O2. The van der Waals surface area contributed by atoms with Gasteiger partial charge in [0.2, 0.25) is 0 Å². The summed E-state index contributed by atoms with van der Waals surface area (Å²) in [5.74, 6) is 0.488. The Morgan fingerprint density at radius 3 is 2.71 bits per heavy atom. The molecule has 0 amide bonds. The fraction of sp³-hybridized carbons (Fsp3) is 0.750. The molecule has 2 nitrogen and oxygen atoms in total. The Morgan fingerprint density at radius 2 is 2.14 bits per heavy atom. The van der Waals surface area contributed by atoms with E-state index in [-0.39, 0.29) is 18.0 Å². The Labute approximate surface area is 86.3 Å². The van der Waals surface area contributed by atoms with Crippen molar-refractivity contribution < 1.29 is 9.53 Å². The van der Waals surface area contributed by atoms with Gasteiger partial charge in [0.15, 0.2) is 0 Å².